The van der Waals surface area contributed by atoms with Crippen LogP contribution < -0.4 is 0 Å². The summed E-state index contributed by atoms with van der Waals surface area (Å²) < 4.78 is 0. The molecule has 1 aliphatic rings. The van der Waals surface area contributed by atoms with Gasteiger partial charge in [0.2, 0.25) is 0 Å². The first kappa shape index (κ1) is 13.5. The Hall–Kier alpha value is -0.560. The lowest BCUT2D eigenvalue weighted by Gasteiger charge is -2.47. The van der Waals surface area contributed by atoms with Crippen molar-refractivity contribution in [1.82, 2.24) is 0 Å². The predicted molar refractivity (Wildman–Crippen MR) is 69.9 cm³/mol. The van der Waals surface area contributed by atoms with E-state index < -0.39 is 5.60 Å². The molecule has 16 heavy (non-hydrogen) atoms. The van der Waals surface area contributed by atoms with Crippen LogP contribution in [0.2, 0.25) is 0 Å². The van der Waals surface area contributed by atoms with Gasteiger partial charge in [0.15, 0.2) is 0 Å². The van der Waals surface area contributed by atoms with E-state index in [-0.39, 0.29) is 16.7 Å². The molecular formula is C15H25O. The summed E-state index contributed by atoms with van der Waals surface area (Å²) in [5, 5.41) is 10.9. The summed E-state index contributed by atoms with van der Waals surface area (Å²) in [4.78, 5) is 0. The van der Waals surface area contributed by atoms with Gasteiger partial charge in [0.05, 0.1) is 0 Å². The average molecular weight is 221 g/mol. The van der Waals surface area contributed by atoms with Crippen LogP contribution in [0, 0.1) is 23.7 Å². The molecule has 91 valence electrons. The minimum Gasteiger partial charge on any atom is -0.381 e. The molecule has 0 bridgehead atoms. The summed E-state index contributed by atoms with van der Waals surface area (Å²) in [6.45, 7) is 16.7. The van der Waals surface area contributed by atoms with Crippen LogP contribution >= 0.6 is 0 Å². The van der Waals surface area contributed by atoms with Gasteiger partial charge >= 0.3 is 0 Å². The van der Waals surface area contributed by atoms with E-state index >= 15 is 0 Å². The fourth-order valence-electron chi connectivity index (χ4n) is 2.23. The van der Waals surface area contributed by atoms with Gasteiger partial charge in [-0.1, -0.05) is 59.8 Å². The average Bonchev–Trinajstić information content (AvgIpc) is 2.05. The van der Waals surface area contributed by atoms with Gasteiger partial charge in [0.1, 0.15) is 5.60 Å². The Morgan fingerprint density at radius 2 is 1.69 bits per heavy atom. The van der Waals surface area contributed by atoms with E-state index in [0.717, 1.165) is 5.57 Å². The Balaban J connectivity index is 3.30. The van der Waals surface area contributed by atoms with Crippen molar-refractivity contribution >= 4 is 0 Å². The van der Waals surface area contributed by atoms with Crippen molar-refractivity contribution < 1.29 is 5.11 Å². The van der Waals surface area contributed by atoms with E-state index in [0.29, 0.717) is 0 Å². The zero-order valence-electron chi connectivity index (χ0n) is 11.5. The second-order valence-corrected chi connectivity index (χ2v) is 6.87. The second kappa shape index (κ2) is 3.73. The van der Waals surface area contributed by atoms with Crippen LogP contribution in [0.5, 0.6) is 0 Å². The van der Waals surface area contributed by atoms with E-state index in [2.05, 4.69) is 54.5 Å². The Morgan fingerprint density at radius 3 is 2.06 bits per heavy atom. The fourth-order valence-corrected chi connectivity index (χ4v) is 2.23. The van der Waals surface area contributed by atoms with Gasteiger partial charge in [-0.2, -0.15) is 0 Å². The van der Waals surface area contributed by atoms with E-state index in [1.807, 2.05) is 12.2 Å². The molecule has 0 saturated heterocycles. The summed E-state index contributed by atoms with van der Waals surface area (Å²) >= 11 is 0. The molecule has 0 fully saturated rings. The molecule has 0 aliphatic heterocycles. The van der Waals surface area contributed by atoms with Gasteiger partial charge in [-0.05, 0) is 29.2 Å². The van der Waals surface area contributed by atoms with Crippen LogP contribution in [-0.4, -0.2) is 10.7 Å². The molecule has 1 nitrogen and oxygen atoms in total. The molecule has 2 atom stereocenters. The topological polar surface area (TPSA) is 20.2 Å². The van der Waals surface area contributed by atoms with E-state index in [1.165, 1.54) is 0 Å². The number of aliphatic hydroxyl groups is 1. The third kappa shape index (κ3) is 2.24. The van der Waals surface area contributed by atoms with Crippen molar-refractivity contribution in [2.24, 2.45) is 16.7 Å². The van der Waals surface area contributed by atoms with Gasteiger partial charge < -0.3 is 5.11 Å². The Kier molecular flexibility index (Phi) is 3.15. The van der Waals surface area contributed by atoms with Crippen LogP contribution in [0.25, 0.3) is 0 Å². The normalized spacial score (nSPS) is 31.5. The molecule has 0 aromatic heterocycles. The SMILES string of the molecule is [CH2]C1C=CC(O)(C(C)(C)C)C(C(C)(C)C)=C1. The first-order valence-corrected chi connectivity index (χ1v) is 5.96. The van der Waals surface area contributed by atoms with Gasteiger partial charge in [-0.15, -0.1) is 0 Å². The lowest BCUT2D eigenvalue weighted by Crippen LogP contribution is -2.47. The van der Waals surface area contributed by atoms with Crippen LogP contribution in [0.1, 0.15) is 41.5 Å². The standard InChI is InChI=1S/C15H25O/c1-11-8-9-15(16,14(5,6)7)12(10-11)13(2,3)4/h8-11,16H,1H2,2-7H3. The number of allylic oxidation sites excluding steroid dienone is 2. The molecule has 1 N–H and O–H groups in total. The van der Waals surface area contributed by atoms with Gasteiger partial charge in [-0.3, -0.25) is 0 Å². The van der Waals surface area contributed by atoms with E-state index in [4.69, 9.17) is 0 Å². The molecule has 1 radical (unpaired) electrons. The lowest BCUT2D eigenvalue weighted by molar-refractivity contribution is 0.00299. The highest BCUT2D eigenvalue weighted by molar-refractivity contribution is 5.38. The second-order valence-electron chi connectivity index (χ2n) is 6.87. The molecule has 0 saturated carbocycles. The molecule has 1 rings (SSSR count). The highest BCUT2D eigenvalue weighted by Gasteiger charge is 2.46. The van der Waals surface area contributed by atoms with Gasteiger partial charge in [0.25, 0.3) is 0 Å². The number of hydrogen-bond acceptors (Lipinski definition) is 1. The van der Waals surface area contributed by atoms with E-state index in [9.17, 15) is 5.11 Å². The largest absolute Gasteiger partial charge is 0.381 e. The summed E-state index contributed by atoms with van der Waals surface area (Å²) in [5.41, 5.74) is -0.0275. The van der Waals surface area contributed by atoms with Gasteiger partial charge in [0, 0.05) is 0 Å². The van der Waals surface area contributed by atoms with Crippen molar-refractivity contribution in [1.29, 1.82) is 0 Å². The van der Waals surface area contributed by atoms with Crippen molar-refractivity contribution in [3.05, 3.63) is 30.7 Å². The van der Waals surface area contributed by atoms with E-state index in [1.54, 1.807) is 0 Å². The predicted octanol–water partition coefficient (Wildman–Crippen LogP) is 3.76. The van der Waals surface area contributed by atoms with Crippen LogP contribution in [0.15, 0.2) is 23.8 Å². The Morgan fingerprint density at radius 1 is 1.19 bits per heavy atom. The maximum absolute atomic E-state index is 10.9. The van der Waals surface area contributed by atoms with Crippen LogP contribution in [-0.2, 0) is 0 Å². The zero-order valence-corrected chi connectivity index (χ0v) is 11.5. The van der Waals surface area contributed by atoms with Crippen molar-refractivity contribution in [3.63, 3.8) is 0 Å². The van der Waals surface area contributed by atoms with Crippen LogP contribution in [0.4, 0.5) is 0 Å². The first-order valence-electron chi connectivity index (χ1n) is 5.96. The molecule has 0 aromatic rings. The third-order valence-electron chi connectivity index (χ3n) is 3.33. The van der Waals surface area contributed by atoms with Gasteiger partial charge in [-0.25, -0.2) is 0 Å². The molecule has 1 aliphatic carbocycles. The minimum atomic E-state index is -0.862. The Bertz CT molecular complexity index is 322. The monoisotopic (exact) mass is 221 g/mol. The number of rotatable bonds is 0. The molecule has 1 heteroatoms. The summed E-state index contributed by atoms with van der Waals surface area (Å²) in [7, 11) is 0. The molecule has 0 amide bonds. The van der Waals surface area contributed by atoms with Crippen molar-refractivity contribution in [3.8, 4) is 0 Å². The maximum Gasteiger partial charge on any atom is 0.109 e. The lowest BCUT2D eigenvalue weighted by atomic mass is 9.62. The molecule has 2 unspecified atom stereocenters. The third-order valence-corrected chi connectivity index (χ3v) is 3.33. The zero-order chi connectivity index (χ0) is 12.8. The molecular weight excluding hydrogens is 196 g/mol. The quantitative estimate of drug-likeness (QED) is 0.618. The van der Waals surface area contributed by atoms with Crippen molar-refractivity contribution in [2.45, 2.75) is 47.1 Å². The molecule has 0 spiro atoms. The van der Waals surface area contributed by atoms with Crippen LogP contribution in [0.3, 0.4) is 0 Å². The summed E-state index contributed by atoms with van der Waals surface area (Å²) in [6.07, 6.45) is 6.01. The smallest absolute Gasteiger partial charge is 0.109 e. The minimum absolute atomic E-state index is 0.0390. The first-order chi connectivity index (χ1) is 6.98. The highest BCUT2D eigenvalue weighted by atomic mass is 16.3. The van der Waals surface area contributed by atoms with Crippen molar-refractivity contribution in [2.75, 3.05) is 0 Å². The summed E-state index contributed by atoms with van der Waals surface area (Å²) in [6, 6.07) is 0. The highest BCUT2D eigenvalue weighted by Crippen LogP contribution is 2.47. The molecule has 0 aromatic carbocycles. The molecule has 0 heterocycles. The Labute approximate surface area is 100 Å². The summed E-state index contributed by atoms with van der Waals surface area (Å²) in [5.74, 6) is 0.164. The number of hydrogen-bond donors (Lipinski definition) is 1. The maximum atomic E-state index is 10.9. The fraction of sp³-hybridized carbons (Fsp3) is 0.667.